The summed E-state index contributed by atoms with van der Waals surface area (Å²) in [7, 11) is 0. The third-order valence-corrected chi connectivity index (χ3v) is 6.02. The van der Waals surface area contributed by atoms with Crippen LogP contribution in [0.5, 0.6) is 0 Å². The number of carboxylic acids is 1. The number of nitrogens with one attached hydrogen (secondary N) is 1. The Morgan fingerprint density at radius 3 is 2.63 bits per heavy atom. The molecular weight excluding hydrogens is 344 g/mol. The Morgan fingerprint density at radius 2 is 2.04 bits per heavy atom. The third-order valence-electron chi connectivity index (χ3n) is 6.02. The van der Waals surface area contributed by atoms with Gasteiger partial charge in [0, 0.05) is 31.1 Å². The van der Waals surface area contributed by atoms with Crippen molar-refractivity contribution in [2.75, 3.05) is 13.1 Å². The standard InChI is InChI=1S/C20H30N4O3/c1-2-7-24-19(14-5-6-14)17(10-21-24)20(27)22-15-8-16(9-15)23(12-18(25)26)11-13-3-4-13/h10,13-16H,2-9,11-12H2,1H3,(H,22,27)(H,25,26). The van der Waals surface area contributed by atoms with Crippen molar-refractivity contribution in [2.24, 2.45) is 5.92 Å². The molecule has 1 heterocycles. The second kappa shape index (κ2) is 7.62. The number of aromatic nitrogens is 2. The highest BCUT2D eigenvalue weighted by Crippen LogP contribution is 2.42. The molecule has 3 aliphatic carbocycles. The highest BCUT2D eigenvalue weighted by molar-refractivity contribution is 5.95. The molecule has 3 saturated carbocycles. The van der Waals surface area contributed by atoms with Gasteiger partial charge >= 0.3 is 5.97 Å². The molecule has 0 spiro atoms. The summed E-state index contributed by atoms with van der Waals surface area (Å²) in [6, 6.07) is 0.414. The molecule has 7 heteroatoms. The number of nitrogens with zero attached hydrogens (tertiary/aromatic N) is 3. The summed E-state index contributed by atoms with van der Waals surface area (Å²) in [4.78, 5) is 26.0. The van der Waals surface area contributed by atoms with Crippen LogP contribution in [0.25, 0.3) is 0 Å². The molecule has 3 fully saturated rings. The Kier molecular flexibility index (Phi) is 5.21. The first kappa shape index (κ1) is 18.5. The highest BCUT2D eigenvalue weighted by Gasteiger charge is 2.39. The van der Waals surface area contributed by atoms with Gasteiger partial charge in [-0.05, 0) is 50.9 Å². The van der Waals surface area contributed by atoms with Crippen LogP contribution in [0.1, 0.15) is 73.8 Å². The molecule has 0 bridgehead atoms. The first-order valence-electron chi connectivity index (χ1n) is 10.4. The maximum absolute atomic E-state index is 12.8. The van der Waals surface area contributed by atoms with Gasteiger partial charge in [0.2, 0.25) is 0 Å². The maximum atomic E-state index is 12.8. The molecule has 0 saturated heterocycles. The number of carbonyl (C=O) groups excluding carboxylic acids is 1. The van der Waals surface area contributed by atoms with Gasteiger partial charge in [-0.2, -0.15) is 5.10 Å². The average molecular weight is 374 g/mol. The molecule has 4 rings (SSSR count). The largest absolute Gasteiger partial charge is 0.480 e. The van der Waals surface area contributed by atoms with Crippen LogP contribution >= 0.6 is 0 Å². The number of hydrogen-bond donors (Lipinski definition) is 2. The zero-order valence-electron chi connectivity index (χ0n) is 16.1. The van der Waals surface area contributed by atoms with Crippen LogP contribution in [0.2, 0.25) is 0 Å². The lowest BCUT2D eigenvalue weighted by Crippen LogP contribution is -2.55. The van der Waals surface area contributed by atoms with Crippen LogP contribution in [-0.4, -0.2) is 56.8 Å². The van der Waals surface area contributed by atoms with E-state index in [1.165, 1.54) is 12.8 Å². The van der Waals surface area contributed by atoms with Crippen molar-refractivity contribution in [2.45, 2.75) is 76.4 Å². The first-order valence-corrected chi connectivity index (χ1v) is 10.4. The SMILES string of the molecule is CCCn1ncc(C(=O)NC2CC(N(CC(=O)O)CC3CC3)C2)c1C1CC1. The molecule has 1 amide bonds. The Morgan fingerprint density at radius 1 is 1.30 bits per heavy atom. The molecule has 0 atom stereocenters. The lowest BCUT2D eigenvalue weighted by Gasteiger charge is -2.42. The van der Waals surface area contributed by atoms with Gasteiger partial charge in [-0.15, -0.1) is 0 Å². The summed E-state index contributed by atoms with van der Waals surface area (Å²) in [5.41, 5.74) is 1.83. The van der Waals surface area contributed by atoms with Gasteiger partial charge in [0.25, 0.3) is 5.91 Å². The summed E-state index contributed by atoms with van der Waals surface area (Å²) in [5, 5.41) is 16.7. The van der Waals surface area contributed by atoms with Gasteiger partial charge in [0.15, 0.2) is 0 Å². The van der Waals surface area contributed by atoms with E-state index in [0.29, 0.717) is 11.8 Å². The average Bonchev–Trinajstić information content (AvgIpc) is 3.50. The molecule has 3 aliphatic rings. The zero-order valence-corrected chi connectivity index (χ0v) is 16.1. The molecule has 2 N–H and O–H groups in total. The lowest BCUT2D eigenvalue weighted by atomic mass is 9.85. The van der Waals surface area contributed by atoms with Crippen molar-refractivity contribution in [1.29, 1.82) is 0 Å². The van der Waals surface area contributed by atoms with Gasteiger partial charge in [-0.1, -0.05) is 6.92 Å². The topological polar surface area (TPSA) is 87.5 Å². The van der Waals surface area contributed by atoms with E-state index < -0.39 is 5.97 Å². The number of aryl methyl sites for hydroxylation is 1. The van der Waals surface area contributed by atoms with Gasteiger partial charge in [0.1, 0.15) is 0 Å². The third kappa shape index (κ3) is 4.34. The molecule has 0 unspecified atom stereocenters. The van der Waals surface area contributed by atoms with Crippen LogP contribution in [0, 0.1) is 5.92 Å². The Hall–Kier alpha value is -1.89. The quantitative estimate of drug-likeness (QED) is 0.656. The van der Waals surface area contributed by atoms with E-state index in [0.717, 1.165) is 56.5 Å². The predicted octanol–water partition coefficient (Wildman–Crippen LogP) is 2.23. The smallest absolute Gasteiger partial charge is 0.317 e. The molecule has 1 aromatic heterocycles. The number of carboxylic acid groups (broad SMARTS) is 1. The summed E-state index contributed by atoms with van der Waals surface area (Å²) in [6.45, 7) is 3.97. The minimum absolute atomic E-state index is 0.0188. The van der Waals surface area contributed by atoms with Gasteiger partial charge < -0.3 is 10.4 Å². The van der Waals surface area contributed by atoms with Crippen LogP contribution in [-0.2, 0) is 11.3 Å². The Balaban J connectivity index is 1.33. The predicted molar refractivity (Wildman–Crippen MR) is 101 cm³/mol. The van der Waals surface area contributed by atoms with Crippen LogP contribution < -0.4 is 5.32 Å². The molecular formula is C20H30N4O3. The molecule has 148 valence electrons. The van der Waals surface area contributed by atoms with Crippen molar-refractivity contribution in [3.63, 3.8) is 0 Å². The van der Waals surface area contributed by atoms with Gasteiger partial charge in [-0.25, -0.2) is 0 Å². The molecule has 0 radical (unpaired) electrons. The van der Waals surface area contributed by atoms with Crippen molar-refractivity contribution in [3.05, 3.63) is 17.5 Å². The highest BCUT2D eigenvalue weighted by atomic mass is 16.4. The maximum Gasteiger partial charge on any atom is 0.317 e. The fraction of sp³-hybridized carbons (Fsp3) is 0.750. The molecule has 0 aromatic carbocycles. The van der Waals surface area contributed by atoms with Crippen molar-refractivity contribution in [3.8, 4) is 0 Å². The van der Waals surface area contributed by atoms with E-state index in [9.17, 15) is 9.59 Å². The molecule has 7 nitrogen and oxygen atoms in total. The summed E-state index contributed by atoms with van der Waals surface area (Å²) in [5.74, 6) is 0.372. The fourth-order valence-corrected chi connectivity index (χ4v) is 4.16. The second-order valence-electron chi connectivity index (χ2n) is 8.50. The summed E-state index contributed by atoms with van der Waals surface area (Å²) in [6.07, 6.45) is 9.13. The van der Waals surface area contributed by atoms with Crippen molar-refractivity contribution >= 4 is 11.9 Å². The normalized spacial score (nSPS) is 24.7. The van der Waals surface area contributed by atoms with Crippen LogP contribution in [0.3, 0.4) is 0 Å². The van der Waals surface area contributed by atoms with Crippen molar-refractivity contribution in [1.82, 2.24) is 20.0 Å². The van der Waals surface area contributed by atoms with E-state index in [2.05, 4.69) is 22.2 Å². The number of hydrogen-bond acceptors (Lipinski definition) is 4. The molecule has 27 heavy (non-hydrogen) atoms. The fourth-order valence-electron chi connectivity index (χ4n) is 4.16. The number of carbonyl (C=O) groups is 2. The van der Waals surface area contributed by atoms with E-state index in [-0.39, 0.29) is 24.5 Å². The molecule has 1 aromatic rings. The number of aliphatic carboxylic acids is 1. The Bertz CT molecular complexity index is 702. The molecule has 0 aliphatic heterocycles. The first-order chi connectivity index (χ1) is 13.0. The van der Waals surface area contributed by atoms with Crippen LogP contribution in [0.15, 0.2) is 6.20 Å². The number of rotatable bonds is 10. The summed E-state index contributed by atoms with van der Waals surface area (Å²) >= 11 is 0. The van der Waals surface area contributed by atoms with E-state index in [4.69, 9.17) is 5.11 Å². The monoisotopic (exact) mass is 374 g/mol. The Labute approximate surface area is 160 Å². The van der Waals surface area contributed by atoms with Gasteiger partial charge in [0.05, 0.1) is 24.0 Å². The summed E-state index contributed by atoms with van der Waals surface area (Å²) < 4.78 is 2.00. The minimum atomic E-state index is -0.763. The van der Waals surface area contributed by atoms with Gasteiger partial charge in [-0.3, -0.25) is 19.2 Å². The lowest BCUT2D eigenvalue weighted by molar-refractivity contribution is -0.139. The number of amides is 1. The second-order valence-corrected chi connectivity index (χ2v) is 8.50. The van der Waals surface area contributed by atoms with E-state index in [1.54, 1.807) is 6.20 Å². The van der Waals surface area contributed by atoms with E-state index >= 15 is 0 Å². The van der Waals surface area contributed by atoms with Crippen LogP contribution in [0.4, 0.5) is 0 Å². The van der Waals surface area contributed by atoms with E-state index in [1.807, 2.05) is 4.68 Å². The van der Waals surface area contributed by atoms with Crippen molar-refractivity contribution < 1.29 is 14.7 Å². The zero-order chi connectivity index (χ0) is 19.0. The minimum Gasteiger partial charge on any atom is -0.480 e.